The summed E-state index contributed by atoms with van der Waals surface area (Å²) in [5.74, 6) is 0.190. The van der Waals surface area contributed by atoms with Crippen molar-refractivity contribution in [2.45, 2.75) is 45.2 Å². The Morgan fingerprint density at radius 3 is 2.67 bits per heavy atom. The maximum Gasteiger partial charge on any atom is 0.220 e. The van der Waals surface area contributed by atoms with Crippen molar-refractivity contribution in [2.75, 3.05) is 6.54 Å². The van der Waals surface area contributed by atoms with Crippen LogP contribution in [-0.2, 0) is 4.79 Å². The fourth-order valence-electron chi connectivity index (χ4n) is 1.26. The molecule has 1 fully saturated rings. The Morgan fingerprint density at radius 2 is 2.25 bits per heavy atom. The zero-order valence-corrected chi connectivity index (χ0v) is 8.11. The first-order chi connectivity index (χ1) is 5.47. The van der Waals surface area contributed by atoms with Crippen LogP contribution in [0.25, 0.3) is 0 Å². The van der Waals surface area contributed by atoms with Gasteiger partial charge < -0.3 is 10.6 Å². The van der Waals surface area contributed by atoms with Crippen molar-refractivity contribution in [1.29, 1.82) is 0 Å². The van der Waals surface area contributed by atoms with Crippen LogP contribution in [0.4, 0.5) is 0 Å². The second kappa shape index (κ2) is 3.44. The first kappa shape index (κ1) is 9.52. The summed E-state index contributed by atoms with van der Waals surface area (Å²) in [7, 11) is 0. The molecule has 0 aromatic carbocycles. The highest BCUT2D eigenvalue weighted by molar-refractivity contribution is 5.78. The van der Waals surface area contributed by atoms with Crippen molar-refractivity contribution < 1.29 is 4.79 Å². The van der Waals surface area contributed by atoms with E-state index in [2.05, 4.69) is 31.4 Å². The Balaban J connectivity index is 2.20. The number of hydrogen-bond donors (Lipinski definition) is 2. The monoisotopic (exact) mass is 170 g/mol. The molecule has 12 heavy (non-hydrogen) atoms. The van der Waals surface area contributed by atoms with E-state index in [1.54, 1.807) is 0 Å². The molecule has 0 aromatic heterocycles. The van der Waals surface area contributed by atoms with Crippen molar-refractivity contribution in [3.63, 3.8) is 0 Å². The van der Waals surface area contributed by atoms with E-state index in [-0.39, 0.29) is 11.4 Å². The van der Waals surface area contributed by atoms with E-state index in [1.807, 2.05) is 0 Å². The number of nitrogens with one attached hydrogen (secondary N) is 2. The van der Waals surface area contributed by atoms with Crippen LogP contribution < -0.4 is 10.6 Å². The smallest absolute Gasteiger partial charge is 0.220 e. The van der Waals surface area contributed by atoms with Gasteiger partial charge in [-0.05, 0) is 27.2 Å². The summed E-state index contributed by atoms with van der Waals surface area (Å²) in [5, 5.41) is 6.29. The molecule has 0 radical (unpaired) electrons. The molecule has 0 spiro atoms. The van der Waals surface area contributed by atoms with Gasteiger partial charge in [-0.15, -0.1) is 0 Å². The molecule has 3 heteroatoms. The fourth-order valence-corrected chi connectivity index (χ4v) is 1.26. The van der Waals surface area contributed by atoms with Crippen LogP contribution in [0.3, 0.4) is 0 Å². The van der Waals surface area contributed by atoms with Gasteiger partial charge in [-0.1, -0.05) is 0 Å². The van der Waals surface area contributed by atoms with Gasteiger partial charge >= 0.3 is 0 Å². The lowest BCUT2D eigenvalue weighted by Crippen LogP contribution is -2.44. The van der Waals surface area contributed by atoms with Crippen LogP contribution in [0.1, 0.15) is 33.6 Å². The first-order valence-electron chi connectivity index (χ1n) is 4.52. The van der Waals surface area contributed by atoms with Gasteiger partial charge in [0.25, 0.3) is 0 Å². The minimum Gasteiger partial charge on any atom is -0.352 e. The molecule has 1 heterocycles. The lowest BCUT2D eigenvalue weighted by molar-refractivity contribution is -0.119. The molecule has 1 aliphatic rings. The predicted octanol–water partition coefficient (Wildman–Crippen LogP) is 0.653. The minimum absolute atomic E-state index is 0.146. The fraction of sp³-hybridized carbons (Fsp3) is 0.889. The summed E-state index contributed by atoms with van der Waals surface area (Å²) in [6.07, 6.45) is 1.67. The van der Waals surface area contributed by atoms with Crippen molar-refractivity contribution in [3.05, 3.63) is 0 Å². The first-order valence-corrected chi connectivity index (χ1v) is 4.52. The summed E-state index contributed by atoms with van der Waals surface area (Å²) >= 11 is 0. The molecule has 0 aliphatic carbocycles. The second-order valence-corrected chi connectivity index (χ2v) is 4.43. The maximum absolute atomic E-state index is 10.8. The van der Waals surface area contributed by atoms with Crippen LogP contribution in [0.2, 0.25) is 0 Å². The number of carbonyl (C=O) groups is 1. The molecule has 3 nitrogen and oxygen atoms in total. The van der Waals surface area contributed by atoms with E-state index in [0.717, 1.165) is 13.0 Å². The van der Waals surface area contributed by atoms with Gasteiger partial charge in [-0.25, -0.2) is 0 Å². The highest BCUT2D eigenvalue weighted by atomic mass is 16.1. The Kier molecular flexibility index (Phi) is 2.73. The standard InChI is InChI=1S/C9H18N2O/c1-9(2,3)10-6-7-4-5-8(12)11-7/h7,10H,4-6H2,1-3H3,(H,11,12). The number of amides is 1. The van der Waals surface area contributed by atoms with Crippen molar-refractivity contribution >= 4 is 5.91 Å². The average molecular weight is 170 g/mol. The van der Waals surface area contributed by atoms with Gasteiger partial charge in [-0.2, -0.15) is 0 Å². The van der Waals surface area contributed by atoms with E-state index < -0.39 is 0 Å². The molecule has 1 rings (SSSR count). The second-order valence-electron chi connectivity index (χ2n) is 4.43. The van der Waals surface area contributed by atoms with Crippen LogP contribution in [0.5, 0.6) is 0 Å². The molecule has 70 valence electrons. The number of carbonyl (C=O) groups excluding carboxylic acids is 1. The minimum atomic E-state index is 0.146. The highest BCUT2D eigenvalue weighted by Gasteiger charge is 2.21. The molecule has 0 aromatic rings. The average Bonchev–Trinajstić information content (AvgIpc) is 2.30. The molecular weight excluding hydrogens is 152 g/mol. The zero-order chi connectivity index (χ0) is 9.19. The molecule has 1 unspecified atom stereocenters. The van der Waals surface area contributed by atoms with Gasteiger partial charge in [0.05, 0.1) is 0 Å². The summed E-state index contributed by atoms with van der Waals surface area (Å²) < 4.78 is 0. The van der Waals surface area contributed by atoms with Crippen molar-refractivity contribution in [1.82, 2.24) is 10.6 Å². The molecule has 1 atom stereocenters. The van der Waals surface area contributed by atoms with Crippen LogP contribution in [0, 0.1) is 0 Å². The van der Waals surface area contributed by atoms with Crippen LogP contribution in [-0.4, -0.2) is 24.0 Å². The number of rotatable bonds is 2. The van der Waals surface area contributed by atoms with E-state index >= 15 is 0 Å². The lowest BCUT2D eigenvalue weighted by Gasteiger charge is -2.23. The van der Waals surface area contributed by atoms with Gasteiger partial charge in [0.2, 0.25) is 5.91 Å². The van der Waals surface area contributed by atoms with Crippen molar-refractivity contribution in [2.24, 2.45) is 0 Å². The molecule has 1 aliphatic heterocycles. The molecular formula is C9H18N2O. The van der Waals surface area contributed by atoms with Crippen LogP contribution in [0.15, 0.2) is 0 Å². The summed E-state index contributed by atoms with van der Waals surface area (Å²) in [6.45, 7) is 7.27. The lowest BCUT2D eigenvalue weighted by atomic mass is 10.1. The van der Waals surface area contributed by atoms with Gasteiger partial charge in [0, 0.05) is 24.5 Å². The van der Waals surface area contributed by atoms with Crippen molar-refractivity contribution in [3.8, 4) is 0 Å². The topological polar surface area (TPSA) is 41.1 Å². The van der Waals surface area contributed by atoms with Gasteiger partial charge in [0.15, 0.2) is 0 Å². The predicted molar refractivity (Wildman–Crippen MR) is 48.9 cm³/mol. The third-order valence-corrected chi connectivity index (χ3v) is 1.96. The summed E-state index contributed by atoms with van der Waals surface area (Å²) in [4.78, 5) is 10.8. The third kappa shape index (κ3) is 3.22. The van der Waals surface area contributed by atoms with Gasteiger partial charge in [-0.3, -0.25) is 4.79 Å². The van der Waals surface area contributed by atoms with E-state index in [1.165, 1.54) is 0 Å². The third-order valence-electron chi connectivity index (χ3n) is 1.96. The van der Waals surface area contributed by atoms with Gasteiger partial charge in [0.1, 0.15) is 0 Å². The Hall–Kier alpha value is -0.570. The molecule has 0 bridgehead atoms. The van der Waals surface area contributed by atoms with Crippen LogP contribution >= 0.6 is 0 Å². The molecule has 1 amide bonds. The largest absolute Gasteiger partial charge is 0.352 e. The molecule has 0 saturated carbocycles. The Bertz CT molecular complexity index is 172. The summed E-state index contributed by atoms with van der Waals surface area (Å²) in [6, 6.07) is 0.344. The van der Waals surface area contributed by atoms with E-state index in [9.17, 15) is 4.79 Å². The quantitative estimate of drug-likeness (QED) is 0.639. The maximum atomic E-state index is 10.8. The zero-order valence-electron chi connectivity index (χ0n) is 8.11. The van der Waals surface area contributed by atoms with E-state index in [0.29, 0.717) is 12.5 Å². The molecule has 2 N–H and O–H groups in total. The summed E-state index contributed by atoms with van der Waals surface area (Å²) in [5.41, 5.74) is 0.146. The molecule has 1 saturated heterocycles. The Morgan fingerprint density at radius 1 is 1.58 bits per heavy atom. The normalized spacial score (nSPS) is 24.2. The van der Waals surface area contributed by atoms with E-state index in [4.69, 9.17) is 0 Å². The Labute approximate surface area is 73.9 Å². The SMILES string of the molecule is CC(C)(C)NCC1CCC(=O)N1. The number of hydrogen-bond acceptors (Lipinski definition) is 2. The highest BCUT2D eigenvalue weighted by Crippen LogP contribution is 2.07.